The molecule has 10 heteroatoms. The van der Waals surface area contributed by atoms with Crippen LogP contribution in [0.3, 0.4) is 0 Å². The molecule has 1 amide bonds. The summed E-state index contributed by atoms with van der Waals surface area (Å²) in [5, 5.41) is 6.60. The van der Waals surface area contributed by atoms with Crippen molar-refractivity contribution in [1.29, 1.82) is 0 Å². The number of nitrogens with zero attached hydrogens (tertiary/aromatic N) is 3. The highest BCUT2D eigenvalue weighted by atomic mass is 32.2. The van der Waals surface area contributed by atoms with E-state index >= 15 is 0 Å². The Balaban J connectivity index is 2.07. The summed E-state index contributed by atoms with van der Waals surface area (Å²) in [7, 11) is -0.600. The van der Waals surface area contributed by atoms with Gasteiger partial charge in [0.2, 0.25) is 15.9 Å². The molecule has 0 fully saturated rings. The van der Waals surface area contributed by atoms with E-state index in [-0.39, 0.29) is 16.1 Å². The van der Waals surface area contributed by atoms with Gasteiger partial charge in [0.15, 0.2) is 5.82 Å². The first-order chi connectivity index (χ1) is 11.7. The molecule has 0 radical (unpaired) electrons. The van der Waals surface area contributed by atoms with Crippen molar-refractivity contribution in [3.8, 4) is 0 Å². The lowest BCUT2D eigenvalue weighted by Gasteiger charge is -2.14. The van der Waals surface area contributed by atoms with E-state index < -0.39 is 10.0 Å². The van der Waals surface area contributed by atoms with Crippen LogP contribution in [0.4, 0.5) is 5.82 Å². The van der Waals surface area contributed by atoms with Gasteiger partial charge in [-0.15, -0.1) is 0 Å². The lowest BCUT2D eigenvalue weighted by atomic mass is 10.3. The second kappa shape index (κ2) is 7.98. The van der Waals surface area contributed by atoms with Crippen molar-refractivity contribution in [2.75, 3.05) is 19.4 Å². The van der Waals surface area contributed by atoms with Crippen LogP contribution >= 0.6 is 11.8 Å². The molecular weight excluding hydrogens is 364 g/mol. The molecule has 0 saturated heterocycles. The third-order valence-corrected chi connectivity index (χ3v) is 6.41. The van der Waals surface area contributed by atoms with Gasteiger partial charge in [0.25, 0.3) is 0 Å². The van der Waals surface area contributed by atoms with Gasteiger partial charge >= 0.3 is 0 Å². The van der Waals surface area contributed by atoms with Crippen molar-refractivity contribution in [2.45, 2.75) is 35.4 Å². The van der Waals surface area contributed by atoms with E-state index in [1.807, 2.05) is 6.92 Å². The Morgan fingerprint density at radius 1 is 1.40 bits per heavy atom. The maximum atomic E-state index is 12.3. The summed E-state index contributed by atoms with van der Waals surface area (Å²) >= 11 is 1.26. The molecule has 0 spiro atoms. The molecule has 0 bridgehead atoms. The predicted molar refractivity (Wildman–Crippen MR) is 94.9 cm³/mol. The molecule has 25 heavy (non-hydrogen) atoms. The average Bonchev–Trinajstić information content (AvgIpc) is 2.97. The molecule has 2 rings (SSSR count). The fourth-order valence-electron chi connectivity index (χ4n) is 1.90. The molecule has 0 unspecified atom stereocenters. The van der Waals surface area contributed by atoms with Crippen molar-refractivity contribution >= 4 is 33.5 Å². The van der Waals surface area contributed by atoms with Gasteiger partial charge in [-0.3, -0.25) is 4.79 Å². The van der Waals surface area contributed by atoms with Crippen molar-refractivity contribution in [3.05, 3.63) is 30.2 Å². The highest BCUT2D eigenvalue weighted by Gasteiger charge is 2.21. The first-order valence-electron chi connectivity index (χ1n) is 7.53. The van der Waals surface area contributed by atoms with Gasteiger partial charge in [-0.1, -0.05) is 23.8 Å². The van der Waals surface area contributed by atoms with Gasteiger partial charge in [0.1, 0.15) is 10.7 Å². The molecule has 2 aromatic heterocycles. The Bertz CT molecular complexity index is 831. The Morgan fingerprint density at radius 3 is 2.60 bits per heavy atom. The fraction of sp³-hybridized carbons (Fsp3) is 0.400. The topological polar surface area (TPSA) is 105 Å². The number of aryl methyl sites for hydroxylation is 1. The zero-order chi connectivity index (χ0) is 18.6. The number of aromatic nitrogens is 2. The third-order valence-electron chi connectivity index (χ3n) is 3.29. The molecule has 136 valence electrons. The second-order valence-corrected chi connectivity index (χ2v) is 8.82. The number of anilines is 1. The van der Waals surface area contributed by atoms with E-state index in [9.17, 15) is 13.2 Å². The van der Waals surface area contributed by atoms with Gasteiger partial charge in [-0.2, -0.15) is 0 Å². The monoisotopic (exact) mass is 384 g/mol. The van der Waals surface area contributed by atoms with E-state index in [4.69, 9.17) is 4.52 Å². The lowest BCUT2D eigenvalue weighted by molar-refractivity contribution is -0.115. The van der Waals surface area contributed by atoms with Crippen LogP contribution in [-0.4, -0.2) is 48.1 Å². The summed E-state index contributed by atoms with van der Waals surface area (Å²) in [5.41, 5.74) is 0. The van der Waals surface area contributed by atoms with Crippen LogP contribution in [0.1, 0.15) is 19.1 Å². The highest BCUT2D eigenvalue weighted by Crippen LogP contribution is 2.26. The molecular formula is C15H20N4O4S2. The molecule has 0 aliphatic heterocycles. The molecule has 2 heterocycles. The largest absolute Gasteiger partial charge is 0.360 e. The first kappa shape index (κ1) is 19.4. The number of thioether (sulfide) groups is 1. The first-order valence-corrected chi connectivity index (χ1v) is 9.85. The average molecular weight is 384 g/mol. The number of hydrogen-bond donors (Lipinski definition) is 1. The van der Waals surface area contributed by atoms with E-state index in [1.54, 1.807) is 19.1 Å². The van der Waals surface area contributed by atoms with E-state index in [1.165, 1.54) is 38.1 Å². The zero-order valence-electron chi connectivity index (χ0n) is 14.4. The number of carbonyl (C=O) groups is 1. The number of amides is 1. The molecule has 0 saturated carbocycles. The predicted octanol–water partition coefficient (Wildman–Crippen LogP) is 2.14. The number of sulfonamides is 1. The molecule has 2 aromatic rings. The summed E-state index contributed by atoms with van der Waals surface area (Å²) in [4.78, 5) is 16.6. The third kappa shape index (κ3) is 4.80. The van der Waals surface area contributed by atoms with Crippen LogP contribution in [0.5, 0.6) is 0 Å². The van der Waals surface area contributed by atoms with Crippen LogP contribution in [0.25, 0.3) is 0 Å². The van der Waals surface area contributed by atoms with E-state index in [2.05, 4.69) is 15.5 Å². The Morgan fingerprint density at radius 2 is 2.12 bits per heavy atom. The minimum atomic E-state index is -3.52. The van der Waals surface area contributed by atoms with Crippen LogP contribution in [-0.2, 0) is 14.8 Å². The molecule has 0 aliphatic rings. The summed E-state index contributed by atoms with van der Waals surface area (Å²) in [6, 6.07) is 4.71. The minimum absolute atomic E-state index is 0.109. The summed E-state index contributed by atoms with van der Waals surface area (Å²) < 4.78 is 30.1. The van der Waals surface area contributed by atoms with E-state index in [0.29, 0.717) is 23.0 Å². The Hall–Kier alpha value is -1.91. The van der Waals surface area contributed by atoms with Gasteiger partial charge in [0, 0.05) is 26.4 Å². The van der Waals surface area contributed by atoms with Crippen LogP contribution < -0.4 is 5.32 Å². The minimum Gasteiger partial charge on any atom is -0.360 e. The summed E-state index contributed by atoms with van der Waals surface area (Å²) in [6.07, 6.45) is 1.87. The Labute approximate surface area is 151 Å². The standard InChI is InChI=1S/C15H20N4O4S2/c1-5-12(15(20)17-13-8-10(2)23-18-13)24-14-7-6-11(9-16-14)25(21,22)19(3)4/h6-9,12H,5H2,1-4H3,(H,17,18,20)/t12-/m0/s1. The lowest BCUT2D eigenvalue weighted by Crippen LogP contribution is -2.25. The quantitative estimate of drug-likeness (QED) is 0.729. The van der Waals surface area contributed by atoms with Crippen LogP contribution in [0, 0.1) is 6.92 Å². The van der Waals surface area contributed by atoms with E-state index in [0.717, 1.165) is 4.31 Å². The number of nitrogens with one attached hydrogen (secondary N) is 1. The van der Waals surface area contributed by atoms with Crippen molar-refractivity contribution in [3.63, 3.8) is 0 Å². The highest BCUT2D eigenvalue weighted by molar-refractivity contribution is 8.00. The normalized spacial score (nSPS) is 13.0. The molecule has 1 N–H and O–H groups in total. The van der Waals surface area contributed by atoms with Crippen molar-refractivity contribution in [2.24, 2.45) is 0 Å². The smallest absolute Gasteiger partial charge is 0.244 e. The summed E-state index contributed by atoms with van der Waals surface area (Å²) in [6.45, 7) is 3.62. The number of carbonyl (C=O) groups excluding carboxylic acids is 1. The van der Waals surface area contributed by atoms with Crippen molar-refractivity contribution < 1.29 is 17.7 Å². The molecule has 8 nitrogen and oxygen atoms in total. The zero-order valence-corrected chi connectivity index (χ0v) is 16.0. The van der Waals surface area contributed by atoms with Gasteiger partial charge in [0.05, 0.1) is 10.3 Å². The van der Waals surface area contributed by atoms with Crippen molar-refractivity contribution in [1.82, 2.24) is 14.4 Å². The second-order valence-electron chi connectivity index (χ2n) is 5.45. The molecule has 1 atom stereocenters. The molecule has 0 aliphatic carbocycles. The molecule has 0 aromatic carbocycles. The maximum absolute atomic E-state index is 12.3. The Kier molecular flexibility index (Phi) is 6.20. The van der Waals surface area contributed by atoms with Gasteiger partial charge in [-0.25, -0.2) is 17.7 Å². The SMILES string of the molecule is CC[C@H](Sc1ccc(S(=O)(=O)N(C)C)cn1)C(=O)Nc1cc(C)on1. The fourth-order valence-corrected chi connectivity index (χ4v) is 3.63. The number of rotatable bonds is 7. The van der Waals surface area contributed by atoms with Gasteiger partial charge < -0.3 is 9.84 Å². The van der Waals surface area contributed by atoms with Gasteiger partial charge in [-0.05, 0) is 25.5 Å². The van der Waals surface area contributed by atoms with Crippen LogP contribution in [0.2, 0.25) is 0 Å². The summed E-state index contributed by atoms with van der Waals surface area (Å²) in [5.74, 6) is 0.755. The number of pyridine rings is 1. The number of hydrogen-bond acceptors (Lipinski definition) is 7. The maximum Gasteiger partial charge on any atom is 0.244 e. The van der Waals surface area contributed by atoms with Crippen LogP contribution in [0.15, 0.2) is 38.8 Å².